The molecule has 7 heteroatoms. The highest BCUT2D eigenvalue weighted by Crippen LogP contribution is 2.35. The van der Waals surface area contributed by atoms with Gasteiger partial charge in [0.25, 0.3) is 5.95 Å². The van der Waals surface area contributed by atoms with Gasteiger partial charge in [-0.1, -0.05) is 0 Å². The van der Waals surface area contributed by atoms with Gasteiger partial charge < -0.3 is 10.2 Å². The van der Waals surface area contributed by atoms with Crippen LogP contribution in [0.4, 0.5) is 11.6 Å². The van der Waals surface area contributed by atoms with Crippen LogP contribution in [0.15, 0.2) is 28.7 Å². The van der Waals surface area contributed by atoms with E-state index >= 15 is 0 Å². The molecule has 2 rings (SSSR count). The van der Waals surface area contributed by atoms with Crippen LogP contribution in [0, 0.1) is 6.92 Å². The lowest BCUT2D eigenvalue weighted by Gasteiger charge is -2.03. The molecule has 3 N–H and O–H groups in total. The first-order chi connectivity index (χ1) is 7.68. The monoisotopic (exact) mass is 219 g/mol. The number of phenols is 2. The summed E-state index contributed by atoms with van der Waals surface area (Å²) in [7, 11) is 0. The van der Waals surface area contributed by atoms with E-state index in [1.165, 1.54) is 18.5 Å². The van der Waals surface area contributed by atoms with Crippen LogP contribution in [-0.2, 0) is 0 Å². The number of hydrogen-bond acceptors (Lipinski definition) is 6. The van der Waals surface area contributed by atoms with Gasteiger partial charge in [-0.25, -0.2) is 5.10 Å². The van der Waals surface area contributed by atoms with E-state index in [1.807, 2.05) is 0 Å². The number of aromatic nitrogens is 3. The zero-order valence-corrected chi connectivity index (χ0v) is 8.42. The maximum atomic E-state index is 9.65. The molecule has 0 amide bonds. The van der Waals surface area contributed by atoms with Gasteiger partial charge in [0.15, 0.2) is 0 Å². The summed E-state index contributed by atoms with van der Waals surface area (Å²) in [6.07, 6.45) is 1.30. The Morgan fingerprint density at radius 2 is 2.06 bits per heavy atom. The fraction of sp³-hybridized carbons (Fsp3) is 0.111. The molecule has 1 heterocycles. The Kier molecular flexibility index (Phi) is 2.50. The molecule has 0 radical (unpaired) electrons. The van der Waals surface area contributed by atoms with Gasteiger partial charge in [0.2, 0.25) is 0 Å². The molecule has 0 bridgehead atoms. The molecule has 82 valence electrons. The van der Waals surface area contributed by atoms with Crippen LogP contribution < -0.4 is 0 Å². The van der Waals surface area contributed by atoms with Crippen molar-refractivity contribution < 1.29 is 10.2 Å². The third-order valence-corrected chi connectivity index (χ3v) is 2.04. The van der Waals surface area contributed by atoms with Crippen LogP contribution in [0.2, 0.25) is 0 Å². The van der Waals surface area contributed by atoms with Gasteiger partial charge in [-0.2, -0.15) is 10.1 Å². The van der Waals surface area contributed by atoms with E-state index in [2.05, 4.69) is 25.4 Å². The number of aromatic amines is 1. The van der Waals surface area contributed by atoms with Crippen molar-refractivity contribution in [2.75, 3.05) is 0 Å². The van der Waals surface area contributed by atoms with E-state index in [0.29, 0.717) is 5.56 Å². The van der Waals surface area contributed by atoms with Crippen molar-refractivity contribution in [3.8, 4) is 11.5 Å². The maximum absolute atomic E-state index is 9.65. The van der Waals surface area contributed by atoms with Gasteiger partial charge >= 0.3 is 0 Å². The number of nitrogens with one attached hydrogen (secondary N) is 1. The molecular weight excluding hydrogens is 210 g/mol. The van der Waals surface area contributed by atoms with Gasteiger partial charge in [-0.05, 0) is 19.1 Å². The number of phenolic OH excluding ortho intramolecular Hbond substituents is 2. The highest BCUT2D eigenvalue weighted by molar-refractivity contribution is 5.59. The fourth-order valence-corrected chi connectivity index (χ4v) is 1.10. The van der Waals surface area contributed by atoms with Crippen molar-refractivity contribution in [3.05, 3.63) is 24.0 Å². The minimum Gasteiger partial charge on any atom is -0.508 e. The van der Waals surface area contributed by atoms with Crippen LogP contribution >= 0.6 is 0 Å². The minimum absolute atomic E-state index is 0.0103. The normalized spacial score (nSPS) is 11.1. The highest BCUT2D eigenvalue weighted by atomic mass is 16.3. The SMILES string of the molecule is Cc1c(O)ccc(N=Nc2ncn[nH]2)c1O. The van der Waals surface area contributed by atoms with Crippen LogP contribution in [-0.4, -0.2) is 25.4 Å². The average molecular weight is 219 g/mol. The zero-order chi connectivity index (χ0) is 11.5. The molecule has 16 heavy (non-hydrogen) atoms. The first-order valence-electron chi connectivity index (χ1n) is 4.47. The van der Waals surface area contributed by atoms with Crippen LogP contribution in [0.5, 0.6) is 11.5 Å². The topological polar surface area (TPSA) is 107 Å². The van der Waals surface area contributed by atoms with Crippen molar-refractivity contribution in [2.24, 2.45) is 10.2 Å². The summed E-state index contributed by atoms with van der Waals surface area (Å²) in [6, 6.07) is 2.89. The minimum atomic E-state index is -0.108. The molecule has 0 aliphatic heterocycles. The Labute approximate surface area is 90.5 Å². The summed E-state index contributed by atoms with van der Waals surface area (Å²) in [5, 5.41) is 32.6. The third kappa shape index (κ3) is 1.83. The molecule has 0 saturated heterocycles. The largest absolute Gasteiger partial charge is 0.508 e. The summed E-state index contributed by atoms with van der Waals surface area (Å²) in [6.45, 7) is 1.58. The first kappa shape index (κ1) is 10.1. The number of H-pyrrole nitrogens is 1. The van der Waals surface area contributed by atoms with Gasteiger partial charge in [-0.3, -0.25) is 0 Å². The lowest BCUT2D eigenvalue weighted by Crippen LogP contribution is -1.77. The average Bonchev–Trinajstić information content (AvgIpc) is 2.78. The lowest BCUT2D eigenvalue weighted by molar-refractivity contribution is 0.444. The van der Waals surface area contributed by atoms with Crippen molar-refractivity contribution in [2.45, 2.75) is 6.92 Å². The Bertz CT molecular complexity index is 521. The smallest absolute Gasteiger partial charge is 0.264 e. The summed E-state index contributed by atoms with van der Waals surface area (Å²) in [5.41, 5.74) is 0.612. The number of hydrogen-bond donors (Lipinski definition) is 3. The van der Waals surface area contributed by atoms with E-state index in [1.54, 1.807) is 6.92 Å². The van der Waals surface area contributed by atoms with E-state index in [-0.39, 0.29) is 23.1 Å². The number of aromatic hydroxyl groups is 2. The van der Waals surface area contributed by atoms with Gasteiger partial charge in [0.05, 0.1) is 0 Å². The predicted molar refractivity (Wildman–Crippen MR) is 55.1 cm³/mol. The number of rotatable bonds is 2. The Morgan fingerprint density at radius 3 is 2.75 bits per heavy atom. The molecule has 0 aliphatic carbocycles. The molecule has 1 aromatic heterocycles. The Morgan fingerprint density at radius 1 is 1.25 bits per heavy atom. The second-order valence-electron chi connectivity index (χ2n) is 3.09. The summed E-state index contributed by atoms with van der Waals surface area (Å²) >= 11 is 0. The molecule has 0 spiro atoms. The number of azo groups is 1. The van der Waals surface area contributed by atoms with E-state index in [9.17, 15) is 10.2 Å². The Hall–Kier alpha value is -2.44. The quantitative estimate of drug-likeness (QED) is 0.671. The fourth-order valence-electron chi connectivity index (χ4n) is 1.10. The predicted octanol–water partition coefficient (Wildman–Crippen LogP) is 1.94. The molecule has 7 nitrogen and oxygen atoms in total. The third-order valence-electron chi connectivity index (χ3n) is 2.04. The molecule has 0 atom stereocenters. The van der Waals surface area contributed by atoms with Crippen LogP contribution in [0.1, 0.15) is 5.56 Å². The Balaban J connectivity index is 2.32. The number of nitrogens with zero attached hydrogens (tertiary/aromatic N) is 4. The van der Waals surface area contributed by atoms with Crippen molar-refractivity contribution >= 4 is 11.6 Å². The van der Waals surface area contributed by atoms with Gasteiger partial charge in [0.1, 0.15) is 23.5 Å². The molecule has 1 aromatic carbocycles. The molecule has 0 saturated carbocycles. The molecule has 0 unspecified atom stereocenters. The van der Waals surface area contributed by atoms with E-state index in [4.69, 9.17) is 0 Å². The lowest BCUT2D eigenvalue weighted by atomic mass is 10.2. The van der Waals surface area contributed by atoms with Gasteiger partial charge in [0, 0.05) is 5.56 Å². The van der Waals surface area contributed by atoms with Crippen LogP contribution in [0.25, 0.3) is 0 Å². The van der Waals surface area contributed by atoms with E-state index < -0.39 is 0 Å². The first-order valence-corrected chi connectivity index (χ1v) is 4.47. The summed E-state index contributed by atoms with van der Waals surface area (Å²) in [5.74, 6) is 0.143. The number of benzene rings is 1. The zero-order valence-electron chi connectivity index (χ0n) is 8.42. The maximum Gasteiger partial charge on any atom is 0.264 e. The summed E-state index contributed by atoms with van der Waals surface area (Å²) in [4.78, 5) is 3.74. The molecule has 2 aromatic rings. The summed E-state index contributed by atoms with van der Waals surface area (Å²) < 4.78 is 0. The highest BCUT2D eigenvalue weighted by Gasteiger charge is 2.07. The molecular formula is C9H9N5O2. The molecule has 0 fully saturated rings. The van der Waals surface area contributed by atoms with Gasteiger partial charge in [-0.15, -0.1) is 10.2 Å². The van der Waals surface area contributed by atoms with Crippen molar-refractivity contribution in [3.63, 3.8) is 0 Å². The van der Waals surface area contributed by atoms with Crippen LogP contribution in [0.3, 0.4) is 0 Å². The van der Waals surface area contributed by atoms with Crippen molar-refractivity contribution in [1.82, 2.24) is 15.2 Å². The van der Waals surface area contributed by atoms with E-state index in [0.717, 1.165) is 0 Å². The second kappa shape index (κ2) is 3.97. The molecule has 0 aliphatic rings. The van der Waals surface area contributed by atoms with Crippen molar-refractivity contribution in [1.29, 1.82) is 0 Å². The second-order valence-corrected chi connectivity index (χ2v) is 3.09. The standard InChI is InChI=1S/C9H9N5O2/c1-5-7(15)3-2-6(8(5)16)12-14-9-10-4-11-13-9/h2-4,15-16H,1H3,(H,10,11,13).